The Kier molecular flexibility index (Phi) is 3.08. The molecule has 16 heavy (non-hydrogen) atoms. The molecule has 2 rings (SSSR count). The molecule has 86 valence electrons. The summed E-state index contributed by atoms with van der Waals surface area (Å²) < 4.78 is 2.01. The van der Waals surface area contributed by atoms with Gasteiger partial charge in [0.05, 0.1) is 0 Å². The van der Waals surface area contributed by atoms with Crippen LogP contribution in [0.15, 0.2) is 12.1 Å². The van der Waals surface area contributed by atoms with Gasteiger partial charge in [0.15, 0.2) is 5.65 Å². The van der Waals surface area contributed by atoms with Crippen LogP contribution in [0.3, 0.4) is 0 Å². The van der Waals surface area contributed by atoms with Crippen molar-refractivity contribution in [1.29, 1.82) is 0 Å². The smallest absolute Gasteiger partial charge is 0.202 e. The molecule has 0 fully saturated rings. The van der Waals surface area contributed by atoms with E-state index in [9.17, 15) is 0 Å². The molecule has 0 radical (unpaired) electrons. The summed E-state index contributed by atoms with van der Waals surface area (Å²) in [5.74, 6) is 0.573. The second-order valence-electron chi connectivity index (χ2n) is 4.12. The molecular formula is C12H18N4. The molecule has 4 nitrogen and oxygen atoms in total. The first-order valence-corrected chi connectivity index (χ1v) is 5.81. The van der Waals surface area contributed by atoms with Crippen LogP contribution in [0, 0.1) is 6.92 Å². The zero-order valence-corrected chi connectivity index (χ0v) is 9.90. The van der Waals surface area contributed by atoms with E-state index in [-0.39, 0.29) is 0 Å². The van der Waals surface area contributed by atoms with Crippen molar-refractivity contribution in [3.05, 3.63) is 17.8 Å². The highest BCUT2D eigenvalue weighted by Crippen LogP contribution is 2.17. The molecule has 2 aromatic heterocycles. The number of unbranched alkanes of at least 4 members (excludes halogenated alkanes) is 2. The SMILES string of the molecule is CCCCCn1c(N)nc2ccc(C)nc21. The Morgan fingerprint density at radius 1 is 1.25 bits per heavy atom. The maximum absolute atomic E-state index is 5.90. The lowest BCUT2D eigenvalue weighted by Crippen LogP contribution is -2.04. The fourth-order valence-corrected chi connectivity index (χ4v) is 1.85. The Morgan fingerprint density at radius 3 is 2.81 bits per heavy atom. The lowest BCUT2D eigenvalue weighted by molar-refractivity contribution is 0.615. The van der Waals surface area contributed by atoms with E-state index < -0.39 is 0 Å². The number of imidazole rings is 1. The number of hydrogen-bond donors (Lipinski definition) is 1. The number of nitrogens with zero attached hydrogens (tertiary/aromatic N) is 3. The minimum atomic E-state index is 0.573. The van der Waals surface area contributed by atoms with Crippen molar-refractivity contribution >= 4 is 17.1 Å². The van der Waals surface area contributed by atoms with Crippen molar-refractivity contribution < 1.29 is 0 Å². The highest BCUT2D eigenvalue weighted by atomic mass is 15.2. The Balaban J connectivity index is 2.34. The van der Waals surface area contributed by atoms with Crippen LogP contribution in [0.25, 0.3) is 11.2 Å². The first-order valence-electron chi connectivity index (χ1n) is 5.81. The molecule has 0 atom stereocenters. The molecule has 0 amide bonds. The summed E-state index contributed by atoms with van der Waals surface area (Å²) in [7, 11) is 0. The zero-order valence-electron chi connectivity index (χ0n) is 9.90. The Bertz CT molecular complexity index is 487. The molecule has 0 aliphatic rings. The van der Waals surface area contributed by atoms with Crippen molar-refractivity contribution in [2.24, 2.45) is 0 Å². The third kappa shape index (κ3) is 2.01. The first kappa shape index (κ1) is 10.9. The molecule has 4 heteroatoms. The second kappa shape index (κ2) is 4.51. The van der Waals surface area contributed by atoms with E-state index in [0.29, 0.717) is 5.95 Å². The largest absolute Gasteiger partial charge is 0.369 e. The van der Waals surface area contributed by atoms with Gasteiger partial charge in [-0.05, 0) is 25.5 Å². The number of aromatic nitrogens is 3. The highest BCUT2D eigenvalue weighted by Gasteiger charge is 2.08. The van der Waals surface area contributed by atoms with Crippen molar-refractivity contribution in [2.75, 3.05) is 5.73 Å². The summed E-state index contributed by atoms with van der Waals surface area (Å²) in [5.41, 5.74) is 8.70. The van der Waals surface area contributed by atoms with E-state index in [1.807, 2.05) is 23.6 Å². The maximum atomic E-state index is 5.90. The Labute approximate surface area is 95.5 Å². The summed E-state index contributed by atoms with van der Waals surface area (Å²) >= 11 is 0. The number of pyridine rings is 1. The van der Waals surface area contributed by atoms with Crippen LogP contribution in [0.2, 0.25) is 0 Å². The predicted molar refractivity (Wildman–Crippen MR) is 66.2 cm³/mol. The van der Waals surface area contributed by atoms with E-state index in [0.717, 1.165) is 29.8 Å². The van der Waals surface area contributed by atoms with Crippen molar-refractivity contribution in [3.8, 4) is 0 Å². The van der Waals surface area contributed by atoms with Crippen molar-refractivity contribution in [3.63, 3.8) is 0 Å². The minimum Gasteiger partial charge on any atom is -0.369 e. The van der Waals surface area contributed by atoms with Gasteiger partial charge in [-0.1, -0.05) is 19.8 Å². The van der Waals surface area contributed by atoms with Gasteiger partial charge in [-0.15, -0.1) is 0 Å². The minimum absolute atomic E-state index is 0.573. The van der Waals surface area contributed by atoms with Gasteiger partial charge >= 0.3 is 0 Å². The predicted octanol–water partition coefficient (Wildman–Crippen LogP) is 2.51. The third-order valence-electron chi connectivity index (χ3n) is 2.75. The van der Waals surface area contributed by atoms with Crippen LogP contribution >= 0.6 is 0 Å². The molecule has 0 aromatic carbocycles. The molecule has 2 N–H and O–H groups in total. The van der Waals surface area contributed by atoms with Gasteiger partial charge in [-0.3, -0.25) is 4.57 Å². The number of aryl methyl sites for hydroxylation is 2. The van der Waals surface area contributed by atoms with E-state index in [1.165, 1.54) is 12.8 Å². The third-order valence-corrected chi connectivity index (χ3v) is 2.75. The lowest BCUT2D eigenvalue weighted by Gasteiger charge is -2.04. The number of hydrogen-bond acceptors (Lipinski definition) is 3. The summed E-state index contributed by atoms with van der Waals surface area (Å²) in [5, 5.41) is 0. The number of nitrogens with two attached hydrogens (primary N) is 1. The fraction of sp³-hybridized carbons (Fsp3) is 0.500. The standard InChI is InChI=1S/C12H18N4/c1-3-4-5-8-16-11-10(15-12(16)13)7-6-9(2)14-11/h6-7H,3-5,8H2,1-2H3,(H2,13,15). The van der Waals surface area contributed by atoms with Crippen LogP contribution in [0.4, 0.5) is 5.95 Å². The molecule has 0 aliphatic heterocycles. The van der Waals surface area contributed by atoms with Gasteiger partial charge in [0.1, 0.15) is 5.52 Å². The summed E-state index contributed by atoms with van der Waals surface area (Å²) in [4.78, 5) is 8.81. The molecule has 2 heterocycles. The molecular weight excluding hydrogens is 200 g/mol. The van der Waals surface area contributed by atoms with Gasteiger partial charge in [0, 0.05) is 12.2 Å². The molecule has 0 saturated heterocycles. The average Bonchev–Trinajstić information content (AvgIpc) is 2.56. The molecule has 0 unspecified atom stereocenters. The monoisotopic (exact) mass is 218 g/mol. The second-order valence-corrected chi connectivity index (χ2v) is 4.12. The van der Waals surface area contributed by atoms with Crippen LogP contribution in [0.1, 0.15) is 31.9 Å². The van der Waals surface area contributed by atoms with Crippen LogP contribution in [0.5, 0.6) is 0 Å². The van der Waals surface area contributed by atoms with Crippen molar-refractivity contribution in [1.82, 2.24) is 14.5 Å². The number of fused-ring (bicyclic) bond motifs is 1. The average molecular weight is 218 g/mol. The van der Waals surface area contributed by atoms with Gasteiger partial charge in [0.2, 0.25) is 5.95 Å². The van der Waals surface area contributed by atoms with Crippen LogP contribution < -0.4 is 5.73 Å². The molecule has 0 spiro atoms. The zero-order chi connectivity index (χ0) is 11.5. The summed E-state index contributed by atoms with van der Waals surface area (Å²) in [6, 6.07) is 3.94. The van der Waals surface area contributed by atoms with Crippen LogP contribution in [-0.4, -0.2) is 14.5 Å². The Morgan fingerprint density at radius 2 is 2.06 bits per heavy atom. The van der Waals surface area contributed by atoms with Gasteiger partial charge in [-0.2, -0.15) is 0 Å². The number of anilines is 1. The lowest BCUT2D eigenvalue weighted by atomic mass is 10.2. The van der Waals surface area contributed by atoms with E-state index in [2.05, 4.69) is 16.9 Å². The van der Waals surface area contributed by atoms with E-state index in [4.69, 9.17) is 5.73 Å². The summed E-state index contributed by atoms with van der Waals surface area (Å²) in [6.45, 7) is 5.09. The van der Waals surface area contributed by atoms with Crippen molar-refractivity contribution in [2.45, 2.75) is 39.7 Å². The maximum Gasteiger partial charge on any atom is 0.202 e. The van der Waals surface area contributed by atoms with Crippen LogP contribution in [-0.2, 0) is 6.54 Å². The molecule has 2 aromatic rings. The number of rotatable bonds is 4. The molecule has 0 bridgehead atoms. The normalized spacial score (nSPS) is 11.1. The highest BCUT2D eigenvalue weighted by molar-refractivity contribution is 5.74. The first-order chi connectivity index (χ1) is 7.72. The van der Waals surface area contributed by atoms with Gasteiger partial charge < -0.3 is 5.73 Å². The van der Waals surface area contributed by atoms with E-state index >= 15 is 0 Å². The van der Waals surface area contributed by atoms with E-state index in [1.54, 1.807) is 0 Å². The Hall–Kier alpha value is -1.58. The molecule has 0 aliphatic carbocycles. The quantitative estimate of drug-likeness (QED) is 0.802. The number of nitrogen functional groups attached to an aromatic ring is 1. The topological polar surface area (TPSA) is 56.7 Å². The van der Waals surface area contributed by atoms with Gasteiger partial charge in [0.25, 0.3) is 0 Å². The van der Waals surface area contributed by atoms with Gasteiger partial charge in [-0.25, -0.2) is 9.97 Å². The fourth-order valence-electron chi connectivity index (χ4n) is 1.85. The summed E-state index contributed by atoms with van der Waals surface area (Å²) in [6.07, 6.45) is 3.55. The molecule has 0 saturated carbocycles.